The van der Waals surface area contributed by atoms with E-state index < -0.39 is 20.0 Å². The average molecular weight is 1010 g/mol. The first-order chi connectivity index (χ1) is 34.5. The summed E-state index contributed by atoms with van der Waals surface area (Å²) in [6.07, 6.45) is 74.2. The third-order valence-electron chi connectivity index (χ3n) is 12.9. The molecule has 0 aliphatic rings. The lowest BCUT2D eigenvalue weighted by Crippen LogP contribution is -2.45. The molecule has 2 N–H and O–H groups in total. The van der Waals surface area contributed by atoms with Crippen LogP contribution in [0.1, 0.15) is 251 Å². The van der Waals surface area contributed by atoms with Gasteiger partial charge in [0, 0.05) is 6.42 Å². The van der Waals surface area contributed by atoms with Crippen LogP contribution in [-0.4, -0.2) is 68.5 Å². The number of nitrogens with one attached hydrogen (secondary N) is 1. The van der Waals surface area contributed by atoms with Crippen molar-refractivity contribution in [2.45, 2.75) is 264 Å². The van der Waals surface area contributed by atoms with Gasteiger partial charge >= 0.3 is 0 Å². The van der Waals surface area contributed by atoms with Crippen LogP contribution >= 0.6 is 7.82 Å². The average Bonchev–Trinajstić information content (AvgIpc) is 3.33. The Kier molecular flexibility index (Phi) is 50.8. The van der Waals surface area contributed by atoms with Crippen molar-refractivity contribution in [1.29, 1.82) is 0 Å². The standard InChI is InChI=1S/C62H113N2O6P/c1-6-8-10-12-14-16-17-18-19-20-21-22-23-24-25-26-27-28-29-30-31-32-33-34-35-36-37-38-39-40-41-42-43-44-45-46-47-48-50-52-54-56-62(66)63-60(59-70-71(67,68)69-58-57-64(3,4)5)61(65)55-53-51-49-15-13-11-9-7-2/h8,10,14,16,18-19,21-22,24-25,27-28,53,55,60-61,65H,6-7,9,11-13,15,17,20,23,26,29-52,54,56-59H2,1-5H3,(H-,63,66,67,68)/b10-8-,16-14-,19-18-,22-21-,25-24-,28-27-,55-53+. The predicted octanol–water partition coefficient (Wildman–Crippen LogP) is 17.4. The third-order valence-corrected chi connectivity index (χ3v) is 13.8. The quantitative estimate of drug-likeness (QED) is 0.0272. The van der Waals surface area contributed by atoms with E-state index >= 15 is 0 Å². The summed E-state index contributed by atoms with van der Waals surface area (Å²) in [5, 5.41) is 13.7. The monoisotopic (exact) mass is 1010 g/mol. The molecule has 412 valence electrons. The molecule has 0 heterocycles. The molecule has 0 bridgehead atoms. The number of rotatable bonds is 53. The normalized spacial score (nSPS) is 14.5. The summed E-state index contributed by atoms with van der Waals surface area (Å²) >= 11 is 0. The lowest BCUT2D eigenvalue weighted by molar-refractivity contribution is -0.870. The number of phosphoric acid groups is 1. The summed E-state index contributed by atoms with van der Waals surface area (Å²) in [6, 6.07) is -0.884. The zero-order valence-electron chi connectivity index (χ0n) is 46.9. The number of nitrogens with zero attached hydrogens (tertiary/aromatic N) is 1. The first kappa shape index (κ1) is 68.7. The molecule has 0 fully saturated rings. The molecule has 0 saturated carbocycles. The Morgan fingerprint density at radius 1 is 0.507 bits per heavy atom. The molecule has 71 heavy (non-hydrogen) atoms. The molecule has 1 amide bonds. The lowest BCUT2D eigenvalue weighted by atomic mass is 10.0. The summed E-state index contributed by atoms with van der Waals surface area (Å²) in [4.78, 5) is 25.3. The SMILES string of the molecule is CC/C=C\C/C=C\C/C=C\C/C=C\C/C=C\C/C=C\CCCCCCCCCCCCCCCCCCCCCCCCC(=O)NC(COP(=O)([O-])OCC[N+](C)(C)C)C(O)/C=C/CCCCCCCC. The highest BCUT2D eigenvalue weighted by Gasteiger charge is 2.23. The Morgan fingerprint density at radius 3 is 1.25 bits per heavy atom. The Bertz CT molecular complexity index is 1430. The van der Waals surface area contributed by atoms with Crippen molar-refractivity contribution < 1.29 is 32.9 Å². The van der Waals surface area contributed by atoms with Gasteiger partial charge in [-0.05, 0) is 70.6 Å². The molecule has 0 spiro atoms. The summed E-state index contributed by atoms with van der Waals surface area (Å²) < 4.78 is 23.2. The molecule has 0 aliphatic carbocycles. The number of carbonyl (C=O) groups is 1. The number of amides is 1. The van der Waals surface area contributed by atoms with Crippen LogP contribution < -0.4 is 10.2 Å². The predicted molar refractivity (Wildman–Crippen MR) is 307 cm³/mol. The molecule has 0 rings (SSSR count). The van der Waals surface area contributed by atoms with E-state index in [4.69, 9.17) is 9.05 Å². The zero-order valence-corrected chi connectivity index (χ0v) is 47.8. The Hall–Kier alpha value is -2.32. The Morgan fingerprint density at radius 2 is 0.859 bits per heavy atom. The summed E-state index contributed by atoms with van der Waals surface area (Å²) in [5.41, 5.74) is 0. The summed E-state index contributed by atoms with van der Waals surface area (Å²) in [6.45, 7) is 4.49. The number of unbranched alkanes of at least 4 members (excludes halogenated alkanes) is 28. The first-order valence-corrected chi connectivity index (χ1v) is 30.9. The van der Waals surface area contributed by atoms with Crippen LogP contribution in [0.4, 0.5) is 0 Å². The van der Waals surface area contributed by atoms with E-state index in [0.29, 0.717) is 17.4 Å². The maximum atomic E-state index is 12.9. The second-order valence-electron chi connectivity index (χ2n) is 21.0. The Labute approximate surface area is 439 Å². The van der Waals surface area contributed by atoms with Gasteiger partial charge in [0.05, 0.1) is 39.9 Å². The van der Waals surface area contributed by atoms with Gasteiger partial charge in [-0.15, -0.1) is 0 Å². The molecular formula is C62H113N2O6P. The minimum Gasteiger partial charge on any atom is -0.756 e. The van der Waals surface area contributed by atoms with E-state index in [9.17, 15) is 19.4 Å². The van der Waals surface area contributed by atoms with E-state index in [0.717, 1.165) is 77.0 Å². The molecule has 9 heteroatoms. The zero-order chi connectivity index (χ0) is 52.0. The molecule has 0 saturated heterocycles. The van der Waals surface area contributed by atoms with Crippen LogP contribution in [0, 0.1) is 0 Å². The molecule has 3 atom stereocenters. The Balaban J connectivity index is 3.80. The molecule has 0 radical (unpaired) electrons. The molecule has 8 nitrogen and oxygen atoms in total. The van der Waals surface area contributed by atoms with E-state index in [1.165, 1.54) is 154 Å². The van der Waals surface area contributed by atoms with Crippen LogP contribution in [0.3, 0.4) is 0 Å². The van der Waals surface area contributed by atoms with Crippen molar-refractivity contribution in [3.63, 3.8) is 0 Å². The number of quaternary nitrogens is 1. The van der Waals surface area contributed by atoms with Crippen molar-refractivity contribution in [1.82, 2.24) is 5.32 Å². The van der Waals surface area contributed by atoms with Gasteiger partial charge in [-0.3, -0.25) is 9.36 Å². The molecule has 0 aromatic heterocycles. The van der Waals surface area contributed by atoms with Gasteiger partial charge in [0.25, 0.3) is 7.82 Å². The van der Waals surface area contributed by atoms with Gasteiger partial charge in [-0.1, -0.05) is 259 Å². The first-order valence-electron chi connectivity index (χ1n) is 29.4. The van der Waals surface area contributed by atoms with Gasteiger partial charge in [0.1, 0.15) is 13.2 Å². The van der Waals surface area contributed by atoms with Gasteiger partial charge in [-0.2, -0.15) is 0 Å². The molecular weight excluding hydrogens is 900 g/mol. The summed E-state index contributed by atoms with van der Waals surface area (Å²) in [7, 11) is 1.26. The molecule has 0 aromatic rings. The second kappa shape index (κ2) is 52.5. The topological polar surface area (TPSA) is 108 Å². The van der Waals surface area contributed by atoms with Gasteiger partial charge in [0.15, 0.2) is 0 Å². The molecule has 3 unspecified atom stereocenters. The fourth-order valence-corrected chi connectivity index (χ4v) is 9.00. The van der Waals surface area contributed by atoms with Crippen LogP contribution in [0.5, 0.6) is 0 Å². The maximum Gasteiger partial charge on any atom is 0.268 e. The fourth-order valence-electron chi connectivity index (χ4n) is 8.28. The lowest BCUT2D eigenvalue weighted by Gasteiger charge is -2.29. The number of aliphatic hydroxyl groups excluding tert-OH is 1. The van der Waals surface area contributed by atoms with E-state index in [2.05, 4.69) is 92.1 Å². The maximum absolute atomic E-state index is 12.9. The third kappa shape index (κ3) is 55.3. The minimum atomic E-state index is -4.58. The second-order valence-corrected chi connectivity index (χ2v) is 22.4. The van der Waals surface area contributed by atoms with E-state index in [1.807, 2.05) is 27.2 Å². The van der Waals surface area contributed by atoms with Crippen LogP contribution in [0.15, 0.2) is 85.1 Å². The van der Waals surface area contributed by atoms with Crippen molar-refractivity contribution in [3.05, 3.63) is 85.1 Å². The highest BCUT2D eigenvalue weighted by molar-refractivity contribution is 7.45. The number of hydrogen-bond acceptors (Lipinski definition) is 6. The smallest absolute Gasteiger partial charge is 0.268 e. The van der Waals surface area contributed by atoms with E-state index in [-0.39, 0.29) is 19.1 Å². The van der Waals surface area contributed by atoms with Gasteiger partial charge in [0.2, 0.25) is 5.91 Å². The molecule has 0 aromatic carbocycles. The molecule has 0 aliphatic heterocycles. The highest BCUT2D eigenvalue weighted by Crippen LogP contribution is 2.38. The summed E-state index contributed by atoms with van der Waals surface area (Å²) in [5.74, 6) is -0.200. The van der Waals surface area contributed by atoms with Crippen LogP contribution in [-0.2, 0) is 18.4 Å². The van der Waals surface area contributed by atoms with Crippen LogP contribution in [0.25, 0.3) is 0 Å². The minimum absolute atomic E-state index is 0.00194. The van der Waals surface area contributed by atoms with Gasteiger partial charge in [-0.25, -0.2) is 0 Å². The number of carbonyl (C=O) groups excluding carboxylic acids is 1. The number of hydrogen-bond donors (Lipinski definition) is 2. The van der Waals surface area contributed by atoms with Crippen LogP contribution in [0.2, 0.25) is 0 Å². The van der Waals surface area contributed by atoms with Crippen molar-refractivity contribution in [3.8, 4) is 0 Å². The van der Waals surface area contributed by atoms with Gasteiger partial charge < -0.3 is 28.8 Å². The number of allylic oxidation sites excluding steroid dienone is 13. The fraction of sp³-hybridized carbons (Fsp3) is 0.758. The number of aliphatic hydroxyl groups is 1. The van der Waals surface area contributed by atoms with E-state index in [1.54, 1.807) is 6.08 Å². The highest BCUT2D eigenvalue weighted by atomic mass is 31.2. The van der Waals surface area contributed by atoms with Crippen molar-refractivity contribution >= 4 is 13.7 Å². The largest absolute Gasteiger partial charge is 0.756 e. The number of phosphoric ester groups is 1. The van der Waals surface area contributed by atoms with Crippen molar-refractivity contribution in [2.24, 2.45) is 0 Å². The number of likely N-dealkylation sites (N-methyl/N-ethyl adjacent to an activating group) is 1. The van der Waals surface area contributed by atoms with Crippen molar-refractivity contribution in [2.75, 3.05) is 40.9 Å².